The molecule has 0 spiro atoms. The highest BCUT2D eigenvalue weighted by molar-refractivity contribution is 5.80. The molecule has 1 atom stereocenters. The van der Waals surface area contributed by atoms with Gasteiger partial charge >= 0.3 is 11.7 Å². The van der Waals surface area contributed by atoms with Crippen molar-refractivity contribution in [3.05, 3.63) is 41.3 Å². The average Bonchev–Trinajstić information content (AvgIpc) is 2.79. The molecule has 23 heavy (non-hydrogen) atoms. The van der Waals surface area contributed by atoms with Crippen LogP contribution in [0, 0.1) is 0 Å². The number of esters is 1. The maximum Gasteiger partial charge on any atom is 0.333 e. The summed E-state index contributed by atoms with van der Waals surface area (Å²) in [6.07, 6.45) is 1.82. The summed E-state index contributed by atoms with van der Waals surface area (Å²) < 4.78 is 8.38. The third-order valence-corrected chi connectivity index (χ3v) is 3.86. The number of carbonyl (C=O) groups excluding carboxylic acids is 1. The van der Waals surface area contributed by atoms with E-state index >= 15 is 0 Å². The first-order chi connectivity index (χ1) is 11.0. The fourth-order valence-electron chi connectivity index (χ4n) is 2.96. The Balaban J connectivity index is 2.59. The van der Waals surface area contributed by atoms with E-state index in [1.165, 1.54) is 0 Å². The Bertz CT molecular complexity index is 770. The number of rotatable bonds is 7. The van der Waals surface area contributed by atoms with Crippen LogP contribution in [-0.4, -0.2) is 21.7 Å². The molecule has 0 bridgehead atoms. The molecule has 0 saturated carbocycles. The number of para-hydroxylation sites is 2. The summed E-state index contributed by atoms with van der Waals surface area (Å²) >= 11 is 0. The van der Waals surface area contributed by atoms with Crippen molar-refractivity contribution in [1.82, 2.24) is 9.13 Å². The Morgan fingerprint density at radius 1 is 1.26 bits per heavy atom. The molecule has 0 aliphatic rings. The molecular weight excluding hydrogens is 292 g/mol. The number of hydrogen-bond acceptors (Lipinski definition) is 3. The van der Waals surface area contributed by atoms with E-state index in [1.807, 2.05) is 31.2 Å². The number of carbonyl (C=O) groups is 1. The van der Waals surface area contributed by atoms with Crippen LogP contribution in [0.4, 0.5) is 0 Å². The number of fused-ring (bicyclic) bond motifs is 1. The SMILES string of the molecule is C=C(C)n1c(=O)n(C(CCC)CC(=O)OCC)c2ccccc21. The van der Waals surface area contributed by atoms with Gasteiger partial charge in [-0.2, -0.15) is 0 Å². The molecule has 0 fully saturated rings. The van der Waals surface area contributed by atoms with Gasteiger partial charge in [0, 0.05) is 11.7 Å². The zero-order valence-electron chi connectivity index (χ0n) is 14.0. The Labute approximate surface area is 136 Å². The largest absolute Gasteiger partial charge is 0.466 e. The predicted octanol–water partition coefficient (Wildman–Crippen LogP) is 3.59. The van der Waals surface area contributed by atoms with Crippen molar-refractivity contribution in [2.75, 3.05) is 6.61 Å². The van der Waals surface area contributed by atoms with Crippen LogP contribution >= 0.6 is 0 Å². The van der Waals surface area contributed by atoms with E-state index in [0.29, 0.717) is 12.3 Å². The molecule has 0 aliphatic carbocycles. The van der Waals surface area contributed by atoms with Crippen LogP contribution in [0.3, 0.4) is 0 Å². The van der Waals surface area contributed by atoms with Crippen molar-refractivity contribution in [3.63, 3.8) is 0 Å². The number of allylic oxidation sites excluding steroid dienone is 1. The van der Waals surface area contributed by atoms with E-state index < -0.39 is 0 Å². The Kier molecular flexibility index (Phi) is 5.42. The molecule has 1 heterocycles. The molecule has 0 radical (unpaired) electrons. The van der Waals surface area contributed by atoms with Crippen molar-refractivity contribution < 1.29 is 9.53 Å². The molecular formula is C18H24N2O3. The quantitative estimate of drug-likeness (QED) is 0.734. The zero-order valence-corrected chi connectivity index (χ0v) is 14.0. The second-order valence-corrected chi connectivity index (χ2v) is 5.66. The fraction of sp³-hybridized carbons (Fsp3) is 0.444. The van der Waals surface area contributed by atoms with Crippen molar-refractivity contribution in [1.29, 1.82) is 0 Å². The van der Waals surface area contributed by atoms with Gasteiger partial charge in [0.25, 0.3) is 0 Å². The van der Waals surface area contributed by atoms with Crippen LogP contribution in [0.2, 0.25) is 0 Å². The van der Waals surface area contributed by atoms with Crippen LogP contribution in [-0.2, 0) is 9.53 Å². The average molecular weight is 316 g/mol. The van der Waals surface area contributed by atoms with Gasteiger partial charge in [0.2, 0.25) is 0 Å². The molecule has 0 N–H and O–H groups in total. The van der Waals surface area contributed by atoms with Gasteiger partial charge in [-0.1, -0.05) is 32.1 Å². The van der Waals surface area contributed by atoms with Gasteiger partial charge in [-0.25, -0.2) is 4.79 Å². The Morgan fingerprint density at radius 3 is 2.48 bits per heavy atom. The first-order valence-electron chi connectivity index (χ1n) is 8.04. The minimum Gasteiger partial charge on any atom is -0.466 e. The third-order valence-electron chi connectivity index (χ3n) is 3.86. The molecule has 1 aromatic carbocycles. The summed E-state index contributed by atoms with van der Waals surface area (Å²) in [5.41, 5.74) is 2.15. The summed E-state index contributed by atoms with van der Waals surface area (Å²) in [6.45, 7) is 9.88. The molecule has 0 amide bonds. The lowest BCUT2D eigenvalue weighted by Crippen LogP contribution is -2.28. The first-order valence-corrected chi connectivity index (χ1v) is 8.04. The maximum atomic E-state index is 12.9. The van der Waals surface area contributed by atoms with Gasteiger partial charge in [-0.05, 0) is 32.4 Å². The van der Waals surface area contributed by atoms with Crippen LogP contribution in [0.25, 0.3) is 16.7 Å². The summed E-state index contributed by atoms with van der Waals surface area (Å²) in [5.74, 6) is -0.273. The van der Waals surface area contributed by atoms with E-state index in [9.17, 15) is 9.59 Å². The molecule has 0 saturated heterocycles. The van der Waals surface area contributed by atoms with Crippen molar-refractivity contribution >= 4 is 22.7 Å². The van der Waals surface area contributed by atoms with Crippen molar-refractivity contribution in [3.8, 4) is 0 Å². The Hall–Kier alpha value is -2.30. The maximum absolute atomic E-state index is 12.9. The highest BCUT2D eigenvalue weighted by atomic mass is 16.5. The van der Waals surface area contributed by atoms with E-state index in [4.69, 9.17) is 4.74 Å². The van der Waals surface area contributed by atoms with Crippen LogP contribution in [0.15, 0.2) is 35.6 Å². The Morgan fingerprint density at radius 2 is 1.91 bits per heavy atom. The normalized spacial score (nSPS) is 12.3. The summed E-state index contributed by atoms with van der Waals surface area (Å²) in [4.78, 5) is 24.8. The van der Waals surface area contributed by atoms with Gasteiger partial charge in [-0.15, -0.1) is 0 Å². The van der Waals surface area contributed by atoms with E-state index in [1.54, 1.807) is 23.0 Å². The molecule has 2 rings (SSSR count). The first kappa shape index (κ1) is 17.1. The molecule has 1 unspecified atom stereocenters. The molecule has 5 nitrogen and oxygen atoms in total. The van der Waals surface area contributed by atoms with Gasteiger partial charge in [0.05, 0.1) is 24.1 Å². The molecule has 1 aromatic heterocycles. The number of aromatic nitrogens is 2. The number of hydrogen-bond donors (Lipinski definition) is 0. The zero-order chi connectivity index (χ0) is 17.0. The number of ether oxygens (including phenoxy) is 1. The van der Waals surface area contributed by atoms with Crippen molar-refractivity contribution in [2.24, 2.45) is 0 Å². The minimum atomic E-state index is -0.273. The molecule has 124 valence electrons. The summed E-state index contributed by atoms with van der Waals surface area (Å²) in [6, 6.07) is 7.39. The number of nitrogens with zero attached hydrogens (tertiary/aromatic N) is 2. The predicted molar refractivity (Wildman–Crippen MR) is 92.4 cm³/mol. The lowest BCUT2D eigenvalue weighted by Gasteiger charge is -2.17. The van der Waals surface area contributed by atoms with Gasteiger partial charge in [0.15, 0.2) is 0 Å². The van der Waals surface area contributed by atoms with Crippen LogP contribution in [0.1, 0.15) is 46.1 Å². The lowest BCUT2D eigenvalue weighted by atomic mass is 10.1. The highest BCUT2D eigenvalue weighted by Crippen LogP contribution is 2.24. The number of benzene rings is 1. The second kappa shape index (κ2) is 7.31. The monoisotopic (exact) mass is 316 g/mol. The number of imidazole rings is 1. The topological polar surface area (TPSA) is 53.2 Å². The molecule has 2 aromatic rings. The van der Waals surface area contributed by atoms with Gasteiger partial charge in [0.1, 0.15) is 0 Å². The van der Waals surface area contributed by atoms with Gasteiger partial charge < -0.3 is 4.74 Å². The van der Waals surface area contributed by atoms with Crippen LogP contribution < -0.4 is 5.69 Å². The molecule has 0 aliphatic heterocycles. The standard InChI is InChI=1S/C18H24N2O3/c1-5-9-14(12-17(21)23-6-2)20-16-11-8-7-10-15(16)19(13(3)4)18(20)22/h7-8,10-11,14H,3,5-6,9,12H2,1-2,4H3. The van der Waals surface area contributed by atoms with Gasteiger partial charge in [-0.3, -0.25) is 13.9 Å². The fourth-order valence-corrected chi connectivity index (χ4v) is 2.96. The van der Waals surface area contributed by atoms with Crippen molar-refractivity contribution in [2.45, 2.75) is 46.1 Å². The second-order valence-electron chi connectivity index (χ2n) is 5.66. The van der Waals surface area contributed by atoms with E-state index in [2.05, 4.69) is 6.58 Å². The van der Waals surface area contributed by atoms with Crippen LogP contribution in [0.5, 0.6) is 0 Å². The van der Waals surface area contributed by atoms with E-state index in [0.717, 1.165) is 23.9 Å². The third kappa shape index (κ3) is 3.38. The summed E-state index contributed by atoms with van der Waals surface area (Å²) in [5, 5.41) is 0. The van der Waals surface area contributed by atoms with E-state index in [-0.39, 0.29) is 24.1 Å². The minimum absolute atomic E-state index is 0.151. The molecule has 5 heteroatoms. The highest BCUT2D eigenvalue weighted by Gasteiger charge is 2.23. The smallest absolute Gasteiger partial charge is 0.333 e. The summed E-state index contributed by atoms with van der Waals surface area (Å²) in [7, 11) is 0. The lowest BCUT2D eigenvalue weighted by molar-refractivity contribution is -0.144.